The smallest absolute Gasteiger partial charge is 0.303 e. The van der Waals surface area contributed by atoms with E-state index in [2.05, 4.69) is 65.5 Å². The number of hydrogen-bond donors (Lipinski definition) is 1. The Balaban J connectivity index is 1.53. The average Bonchev–Trinajstić information content (AvgIpc) is 3.23. The van der Waals surface area contributed by atoms with E-state index in [1.54, 1.807) is 4.68 Å². The highest BCUT2D eigenvalue weighted by Crippen LogP contribution is 2.30. The molecule has 2 heterocycles. The van der Waals surface area contributed by atoms with Crippen LogP contribution in [0, 0.1) is 6.92 Å². The van der Waals surface area contributed by atoms with E-state index in [0.29, 0.717) is 6.42 Å². The van der Waals surface area contributed by atoms with Gasteiger partial charge in [0.15, 0.2) is 0 Å². The average molecular weight is 477 g/mol. The van der Waals surface area contributed by atoms with Crippen molar-refractivity contribution in [2.45, 2.75) is 78.1 Å². The summed E-state index contributed by atoms with van der Waals surface area (Å²) in [6.45, 7) is 9.60. The molecule has 0 radical (unpaired) electrons. The van der Waals surface area contributed by atoms with E-state index in [9.17, 15) is 9.90 Å². The van der Waals surface area contributed by atoms with Crippen LogP contribution in [0.25, 0.3) is 0 Å². The standard InChI is InChI=1S/C28H36N4O3/c1-4-26-19-31(16-23-8-6-7-9-27(23)35-26)17-24-14-21(11-10-20(24)3)22(15-28(33)34)12-13-25-18-32(5-2)30-29-25/h6-11,14,18,22,26H,4-5,12-13,15-17,19H2,1-3H3,(H,33,34). The van der Waals surface area contributed by atoms with Gasteiger partial charge in [-0.2, -0.15) is 0 Å². The zero-order chi connectivity index (χ0) is 24.8. The van der Waals surface area contributed by atoms with E-state index in [4.69, 9.17) is 4.74 Å². The van der Waals surface area contributed by atoms with Crippen molar-refractivity contribution in [2.24, 2.45) is 0 Å². The molecular weight excluding hydrogens is 440 g/mol. The minimum atomic E-state index is -0.776. The molecule has 0 aliphatic carbocycles. The van der Waals surface area contributed by atoms with Crippen molar-refractivity contribution in [2.75, 3.05) is 6.54 Å². The molecule has 0 bridgehead atoms. The molecule has 7 nitrogen and oxygen atoms in total. The highest BCUT2D eigenvalue weighted by Gasteiger charge is 2.23. The summed E-state index contributed by atoms with van der Waals surface area (Å²) in [6.07, 6.45) is 4.58. The maximum atomic E-state index is 11.7. The predicted molar refractivity (Wildman–Crippen MR) is 135 cm³/mol. The van der Waals surface area contributed by atoms with E-state index in [0.717, 1.165) is 56.0 Å². The van der Waals surface area contributed by atoms with Crippen LogP contribution in [0.3, 0.4) is 0 Å². The molecule has 1 aliphatic rings. The molecule has 35 heavy (non-hydrogen) atoms. The normalized spacial score (nSPS) is 16.8. The number of aliphatic carboxylic acids is 1. The molecule has 7 heteroatoms. The van der Waals surface area contributed by atoms with Gasteiger partial charge in [-0.15, -0.1) is 5.10 Å². The molecule has 0 fully saturated rings. The number of fused-ring (bicyclic) bond motifs is 1. The van der Waals surface area contributed by atoms with Crippen LogP contribution >= 0.6 is 0 Å². The topological polar surface area (TPSA) is 80.5 Å². The van der Waals surface area contributed by atoms with E-state index in [1.807, 2.05) is 19.2 Å². The Labute approximate surface area is 207 Å². The van der Waals surface area contributed by atoms with Gasteiger partial charge in [0.05, 0.1) is 12.1 Å². The Morgan fingerprint density at radius 2 is 2.06 bits per heavy atom. The van der Waals surface area contributed by atoms with Crippen molar-refractivity contribution in [3.8, 4) is 5.75 Å². The Kier molecular flexibility index (Phi) is 8.18. The first-order valence-electron chi connectivity index (χ1n) is 12.6. The number of hydrogen-bond acceptors (Lipinski definition) is 5. The monoisotopic (exact) mass is 476 g/mol. The molecule has 0 amide bonds. The molecule has 1 N–H and O–H groups in total. The largest absolute Gasteiger partial charge is 0.489 e. The number of ether oxygens (including phenoxy) is 1. The third-order valence-electron chi connectivity index (χ3n) is 6.90. The summed E-state index contributed by atoms with van der Waals surface area (Å²) >= 11 is 0. The van der Waals surface area contributed by atoms with Gasteiger partial charge in [-0.1, -0.05) is 48.5 Å². The second kappa shape index (κ2) is 11.5. The minimum absolute atomic E-state index is 0.0739. The van der Waals surface area contributed by atoms with E-state index >= 15 is 0 Å². The molecule has 0 saturated heterocycles. The second-order valence-corrected chi connectivity index (χ2v) is 9.51. The van der Waals surface area contributed by atoms with Crippen molar-refractivity contribution in [3.05, 3.63) is 76.6 Å². The fourth-order valence-electron chi connectivity index (χ4n) is 4.78. The van der Waals surface area contributed by atoms with Crippen molar-refractivity contribution < 1.29 is 14.6 Å². The van der Waals surface area contributed by atoms with Gasteiger partial charge in [0.1, 0.15) is 11.9 Å². The molecule has 1 aromatic heterocycles. The van der Waals surface area contributed by atoms with Crippen LogP contribution in [0.15, 0.2) is 48.7 Å². The molecule has 2 unspecified atom stereocenters. The fraction of sp³-hybridized carbons (Fsp3) is 0.464. The molecule has 0 spiro atoms. The van der Waals surface area contributed by atoms with Crippen molar-refractivity contribution in [3.63, 3.8) is 0 Å². The van der Waals surface area contributed by atoms with Gasteiger partial charge >= 0.3 is 5.97 Å². The molecule has 1 aliphatic heterocycles. The van der Waals surface area contributed by atoms with Gasteiger partial charge in [-0.25, -0.2) is 0 Å². The SMILES string of the molecule is CCC1CN(Cc2cc(C(CCc3cn(CC)nn3)CC(=O)O)ccc2C)Cc2ccccc2O1. The summed E-state index contributed by atoms with van der Waals surface area (Å²) in [7, 11) is 0. The summed E-state index contributed by atoms with van der Waals surface area (Å²) in [5.74, 6) is 0.130. The first kappa shape index (κ1) is 24.9. The number of para-hydroxylation sites is 1. The van der Waals surface area contributed by atoms with Crippen LogP contribution in [0.1, 0.15) is 67.0 Å². The van der Waals surface area contributed by atoms with Crippen LogP contribution in [0.4, 0.5) is 0 Å². The van der Waals surface area contributed by atoms with Crippen molar-refractivity contribution >= 4 is 5.97 Å². The lowest BCUT2D eigenvalue weighted by molar-refractivity contribution is -0.137. The Morgan fingerprint density at radius 3 is 2.80 bits per heavy atom. The molecular formula is C28H36N4O3. The van der Waals surface area contributed by atoms with Gasteiger partial charge in [-0.3, -0.25) is 14.4 Å². The lowest BCUT2D eigenvalue weighted by Gasteiger charge is -2.25. The Morgan fingerprint density at radius 1 is 1.23 bits per heavy atom. The number of rotatable bonds is 10. The minimum Gasteiger partial charge on any atom is -0.489 e. The van der Waals surface area contributed by atoms with Crippen molar-refractivity contribution in [1.29, 1.82) is 0 Å². The molecule has 2 aromatic carbocycles. The number of carbonyl (C=O) groups is 1. The number of nitrogens with zero attached hydrogens (tertiary/aromatic N) is 4. The summed E-state index contributed by atoms with van der Waals surface area (Å²) in [5, 5.41) is 17.9. The first-order chi connectivity index (χ1) is 16.9. The first-order valence-corrected chi connectivity index (χ1v) is 12.6. The number of carboxylic acids is 1. The quantitative estimate of drug-likeness (QED) is 0.445. The molecule has 186 valence electrons. The van der Waals surface area contributed by atoms with Gasteiger partial charge in [0.25, 0.3) is 0 Å². The second-order valence-electron chi connectivity index (χ2n) is 9.51. The maximum absolute atomic E-state index is 11.7. The zero-order valence-corrected chi connectivity index (χ0v) is 21.0. The number of carboxylic acid groups (broad SMARTS) is 1. The maximum Gasteiger partial charge on any atom is 0.303 e. The summed E-state index contributed by atoms with van der Waals surface area (Å²) < 4.78 is 8.08. The number of aromatic nitrogens is 3. The molecule has 4 rings (SSSR count). The van der Waals surface area contributed by atoms with Crippen LogP contribution in [0.5, 0.6) is 5.75 Å². The van der Waals surface area contributed by atoms with Gasteiger partial charge in [0.2, 0.25) is 0 Å². The van der Waals surface area contributed by atoms with Crippen LogP contribution < -0.4 is 4.74 Å². The third-order valence-corrected chi connectivity index (χ3v) is 6.90. The number of benzene rings is 2. The summed E-state index contributed by atoms with van der Waals surface area (Å²) in [5.41, 5.74) is 5.66. The van der Waals surface area contributed by atoms with Gasteiger partial charge in [0, 0.05) is 37.9 Å². The van der Waals surface area contributed by atoms with Crippen LogP contribution in [-0.4, -0.2) is 43.6 Å². The molecule has 0 saturated carbocycles. The van der Waals surface area contributed by atoms with Crippen LogP contribution in [-0.2, 0) is 30.8 Å². The summed E-state index contributed by atoms with van der Waals surface area (Å²) in [4.78, 5) is 14.1. The Hall–Kier alpha value is -3.19. The highest BCUT2D eigenvalue weighted by molar-refractivity contribution is 5.68. The number of aryl methyl sites for hydroxylation is 3. The summed E-state index contributed by atoms with van der Waals surface area (Å²) in [6, 6.07) is 14.7. The van der Waals surface area contributed by atoms with E-state index < -0.39 is 5.97 Å². The van der Waals surface area contributed by atoms with Gasteiger partial charge < -0.3 is 9.84 Å². The zero-order valence-electron chi connectivity index (χ0n) is 21.0. The Bertz CT molecular complexity index is 1140. The lowest BCUT2D eigenvalue weighted by atomic mass is 9.88. The van der Waals surface area contributed by atoms with E-state index in [1.165, 1.54) is 16.7 Å². The molecule has 2 atom stereocenters. The van der Waals surface area contributed by atoms with Crippen molar-refractivity contribution in [1.82, 2.24) is 19.9 Å². The lowest BCUT2D eigenvalue weighted by Crippen LogP contribution is -2.32. The van der Waals surface area contributed by atoms with E-state index in [-0.39, 0.29) is 18.4 Å². The molecule has 3 aromatic rings. The van der Waals surface area contributed by atoms with Crippen LogP contribution in [0.2, 0.25) is 0 Å². The third kappa shape index (κ3) is 6.48. The van der Waals surface area contributed by atoms with Gasteiger partial charge in [-0.05, 0) is 61.8 Å². The highest BCUT2D eigenvalue weighted by atomic mass is 16.5. The predicted octanol–water partition coefficient (Wildman–Crippen LogP) is 4.97. The fourth-order valence-corrected chi connectivity index (χ4v) is 4.78.